The summed E-state index contributed by atoms with van der Waals surface area (Å²) in [6.07, 6.45) is 1.75. The third kappa shape index (κ3) is 6.63. The third-order valence-corrected chi connectivity index (χ3v) is 3.75. The Kier molecular flexibility index (Phi) is 7.54. The van der Waals surface area contributed by atoms with Crippen molar-refractivity contribution < 1.29 is 4.74 Å². The van der Waals surface area contributed by atoms with E-state index in [9.17, 15) is 0 Å². The number of hydrogen-bond donors (Lipinski definition) is 2. The maximum absolute atomic E-state index is 5.98. The average Bonchev–Trinajstić information content (AvgIpc) is 2.61. The van der Waals surface area contributed by atoms with Gasteiger partial charge in [0.2, 0.25) is 0 Å². The number of aryl methyl sites for hydroxylation is 1. The first-order valence-electron chi connectivity index (χ1n) is 8.43. The minimum absolute atomic E-state index is 0.0159. The number of ether oxygens (including phenoxy) is 1. The van der Waals surface area contributed by atoms with Gasteiger partial charge in [0.25, 0.3) is 0 Å². The largest absolute Gasteiger partial charge is 0.489 e. The van der Waals surface area contributed by atoms with Gasteiger partial charge in [0.1, 0.15) is 17.0 Å². The summed E-state index contributed by atoms with van der Waals surface area (Å²) in [7, 11) is 0. The van der Waals surface area contributed by atoms with Crippen molar-refractivity contribution in [3.05, 3.63) is 58.9 Å². The molecular formula is C19H25ClN4O. The molecule has 0 spiro atoms. The second kappa shape index (κ2) is 9.89. The van der Waals surface area contributed by atoms with Gasteiger partial charge in [-0.3, -0.25) is 0 Å². The molecule has 0 fully saturated rings. The van der Waals surface area contributed by atoms with Crippen molar-refractivity contribution >= 4 is 17.6 Å². The molecule has 0 aliphatic carbocycles. The molecule has 2 aromatic rings. The van der Waals surface area contributed by atoms with Crippen LogP contribution in [0.5, 0.6) is 5.75 Å². The molecule has 1 unspecified atom stereocenters. The number of rotatable bonds is 7. The summed E-state index contributed by atoms with van der Waals surface area (Å²) in [5.41, 5.74) is 2.14. The molecule has 1 atom stereocenters. The highest BCUT2D eigenvalue weighted by atomic mass is 35.5. The maximum atomic E-state index is 5.98. The summed E-state index contributed by atoms with van der Waals surface area (Å²) in [6.45, 7) is 8.09. The number of aromatic nitrogens is 1. The summed E-state index contributed by atoms with van der Waals surface area (Å²) in [4.78, 5) is 8.63. The Hall–Kier alpha value is -2.27. The number of halogens is 1. The van der Waals surface area contributed by atoms with E-state index >= 15 is 0 Å². The highest BCUT2D eigenvalue weighted by molar-refractivity contribution is 6.29. The Morgan fingerprint density at radius 2 is 2.04 bits per heavy atom. The van der Waals surface area contributed by atoms with Crippen LogP contribution in [0.2, 0.25) is 5.15 Å². The summed E-state index contributed by atoms with van der Waals surface area (Å²) in [5, 5.41) is 7.03. The van der Waals surface area contributed by atoms with Gasteiger partial charge < -0.3 is 15.4 Å². The minimum atomic E-state index is 0.0159. The van der Waals surface area contributed by atoms with Gasteiger partial charge >= 0.3 is 0 Å². The molecule has 0 radical (unpaired) electrons. The van der Waals surface area contributed by atoms with E-state index in [0.29, 0.717) is 18.2 Å². The lowest BCUT2D eigenvalue weighted by Gasteiger charge is -2.18. The standard InChI is InChI=1S/C19H25ClN4O/c1-4-21-19(24-13-16-9-10-18(20)22-12-16)23-11-15(3)25-17-8-6-5-7-14(17)2/h5-10,12,15H,4,11,13H2,1-3H3,(H2,21,23,24). The van der Waals surface area contributed by atoms with E-state index < -0.39 is 0 Å². The van der Waals surface area contributed by atoms with Crippen LogP contribution in [0.4, 0.5) is 0 Å². The number of benzene rings is 1. The van der Waals surface area contributed by atoms with Gasteiger partial charge in [-0.1, -0.05) is 35.9 Å². The van der Waals surface area contributed by atoms with Crippen LogP contribution in [0.3, 0.4) is 0 Å². The summed E-state index contributed by atoms with van der Waals surface area (Å²) < 4.78 is 5.98. The van der Waals surface area contributed by atoms with Gasteiger partial charge in [0.05, 0.1) is 13.1 Å². The Labute approximate surface area is 154 Å². The predicted octanol–water partition coefficient (Wildman–Crippen LogP) is 3.57. The zero-order valence-corrected chi connectivity index (χ0v) is 15.7. The lowest BCUT2D eigenvalue weighted by molar-refractivity contribution is 0.222. The van der Waals surface area contributed by atoms with Gasteiger partial charge in [-0.05, 0) is 44.0 Å². The number of para-hydroxylation sites is 1. The summed E-state index contributed by atoms with van der Waals surface area (Å²) >= 11 is 5.80. The average molecular weight is 361 g/mol. The van der Waals surface area contributed by atoms with Crippen molar-refractivity contribution in [2.24, 2.45) is 4.99 Å². The molecule has 5 nitrogen and oxygen atoms in total. The fourth-order valence-electron chi connectivity index (χ4n) is 2.20. The monoisotopic (exact) mass is 360 g/mol. The van der Waals surface area contributed by atoms with Crippen LogP contribution >= 0.6 is 11.6 Å². The molecule has 1 aromatic carbocycles. The maximum Gasteiger partial charge on any atom is 0.191 e. The van der Waals surface area contributed by atoms with Crippen LogP contribution in [-0.4, -0.2) is 30.1 Å². The number of nitrogens with zero attached hydrogens (tertiary/aromatic N) is 2. The van der Waals surface area contributed by atoms with Crippen molar-refractivity contribution in [2.45, 2.75) is 33.4 Å². The number of hydrogen-bond acceptors (Lipinski definition) is 3. The topological polar surface area (TPSA) is 58.5 Å². The summed E-state index contributed by atoms with van der Waals surface area (Å²) in [5.74, 6) is 1.66. The third-order valence-electron chi connectivity index (χ3n) is 3.53. The Balaban J connectivity index is 1.88. The first-order valence-corrected chi connectivity index (χ1v) is 8.81. The van der Waals surface area contributed by atoms with E-state index in [4.69, 9.17) is 16.3 Å². The highest BCUT2D eigenvalue weighted by Crippen LogP contribution is 2.17. The lowest BCUT2D eigenvalue weighted by atomic mass is 10.2. The molecule has 0 bridgehead atoms. The summed E-state index contributed by atoms with van der Waals surface area (Å²) in [6, 6.07) is 11.7. The Morgan fingerprint density at radius 3 is 2.72 bits per heavy atom. The Morgan fingerprint density at radius 1 is 1.24 bits per heavy atom. The van der Waals surface area contributed by atoms with Crippen LogP contribution < -0.4 is 15.4 Å². The van der Waals surface area contributed by atoms with Gasteiger partial charge in [-0.2, -0.15) is 0 Å². The molecule has 2 N–H and O–H groups in total. The minimum Gasteiger partial charge on any atom is -0.489 e. The van der Waals surface area contributed by atoms with Crippen molar-refractivity contribution in [1.29, 1.82) is 0 Å². The molecule has 0 saturated carbocycles. The normalized spacial score (nSPS) is 12.6. The molecule has 1 aromatic heterocycles. The second-order valence-corrected chi connectivity index (χ2v) is 6.15. The zero-order chi connectivity index (χ0) is 18.1. The molecule has 1 heterocycles. The first-order chi connectivity index (χ1) is 12.1. The number of pyridine rings is 1. The van der Waals surface area contributed by atoms with Crippen molar-refractivity contribution in [3.8, 4) is 5.75 Å². The number of aliphatic imine (C=N–C) groups is 1. The van der Waals surface area contributed by atoms with Crippen molar-refractivity contribution in [2.75, 3.05) is 13.1 Å². The smallest absolute Gasteiger partial charge is 0.191 e. The number of guanidine groups is 1. The molecule has 0 saturated heterocycles. The fraction of sp³-hybridized carbons (Fsp3) is 0.368. The van der Waals surface area contributed by atoms with Crippen LogP contribution in [0, 0.1) is 6.92 Å². The van der Waals surface area contributed by atoms with Crippen molar-refractivity contribution in [3.63, 3.8) is 0 Å². The van der Waals surface area contributed by atoms with E-state index in [1.807, 2.05) is 51.1 Å². The second-order valence-electron chi connectivity index (χ2n) is 5.76. The van der Waals surface area contributed by atoms with E-state index in [0.717, 1.165) is 29.4 Å². The molecular weight excluding hydrogens is 336 g/mol. The molecule has 25 heavy (non-hydrogen) atoms. The fourth-order valence-corrected chi connectivity index (χ4v) is 2.31. The first kappa shape index (κ1) is 19.1. The molecule has 134 valence electrons. The van der Waals surface area contributed by atoms with Crippen LogP contribution in [0.25, 0.3) is 0 Å². The number of nitrogens with one attached hydrogen (secondary N) is 2. The quantitative estimate of drug-likeness (QED) is 0.450. The molecule has 0 amide bonds. The van der Waals surface area contributed by atoms with E-state index in [2.05, 4.69) is 20.6 Å². The molecule has 6 heteroatoms. The van der Waals surface area contributed by atoms with Crippen LogP contribution in [0.15, 0.2) is 47.6 Å². The Bertz CT molecular complexity index is 688. The molecule has 0 aliphatic rings. The van der Waals surface area contributed by atoms with Crippen LogP contribution in [0.1, 0.15) is 25.0 Å². The lowest BCUT2D eigenvalue weighted by Crippen LogP contribution is -2.41. The van der Waals surface area contributed by atoms with E-state index in [-0.39, 0.29) is 6.10 Å². The van der Waals surface area contributed by atoms with Crippen molar-refractivity contribution in [1.82, 2.24) is 15.6 Å². The van der Waals surface area contributed by atoms with Gasteiger partial charge in [-0.15, -0.1) is 0 Å². The van der Waals surface area contributed by atoms with E-state index in [1.165, 1.54) is 0 Å². The highest BCUT2D eigenvalue weighted by Gasteiger charge is 2.07. The van der Waals surface area contributed by atoms with Gasteiger partial charge in [-0.25, -0.2) is 9.98 Å². The predicted molar refractivity (Wildman–Crippen MR) is 103 cm³/mol. The molecule has 2 rings (SSSR count). The molecule has 0 aliphatic heterocycles. The SMILES string of the molecule is CCNC(=NCc1ccc(Cl)nc1)NCC(C)Oc1ccccc1C. The van der Waals surface area contributed by atoms with Crippen LogP contribution in [-0.2, 0) is 6.54 Å². The zero-order valence-electron chi connectivity index (χ0n) is 14.9. The van der Waals surface area contributed by atoms with Gasteiger partial charge in [0.15, 0.2) is 5.96 Å². The van der Waals surface area contributed by atoms with E-state index in [1.54, 1.807) is 12.3 Å². The van der Waals surface area contributed by atoms with Gasteiger partial charge in [0, 0.05) is 12.7 Å².